The van der Waals surface area contributed by atoms with Crippen LogP contribution in [0.5, 0.6) is 0 Å². The number of benzene rings is 2. The van der Waals surface area contributed by atoms with E-state index in [0.717, 1.165) is 35.2 Å². The Bertz CT molecular complexity index is 1860. The highest BCUT2D eigenvalue weighted by Crippen LogP contribution is 2.44. The summed E-state index contributed by atoms with van der Waals surface area (Å²) in [6, 6.07) is 15.2. The van der Waals surface area contributed by atoms with Crippen molar-refractivity contribution in [1.82, 2.24) is 19.9 Å². The first-order valence-electron chi connectivity index (χ1n) is 17.2. The first-order valence-corrected chi connectivity index (χ1v) is 18.8. The monoisotopic (exact) mass is 690 g/mol. The van der Waals surface area contributed by atoms with Gasteiger partial charge < -0.3 is 20.3 Å². The summed E-state index contributed by atoms with van der Waals surface area (Å²) in [5.41, 5.74) is 1.98. The van der Waals surface area contributed by atoms with Crippen molar-refractivity contribution >= 4 is 38.7 Å². The van der Waals surface area contributed by atoms with Crippen molar-refractivity contribution in [2.75, 3.05) is 12.3 Å². The van der Waals surface area contributed by atoms with Crippen LogP contribution in [0.25, 0.3) is 22.2 Å². The van der Waals surface area contributed by atoms with Crippen LogP contribution in [0, 0.1) is 5.92 Å². The maximum atomic E-state index is 13.7. The first-order chi connectivity index (χ1) is 23.5. The minimum atomic E-state index is -3.80. The number of unbranched alkanes of at least 4 members (excludes halogenated alkanes) is 3. The summed E-state index contributed by atoms with van der Waals surface area (Å²) >= 11 is 0. The number of rotatable bonds is 17. The van der Waals surface area contributed by atoms with E-state index in [0.29, 0.717) is 56.9 Å². The Morgan fingerprint density at radius 3 is 2.57 bits per heavy atom. The number of aliphatic carboxylic acids is 1. The van der Waals surface area contributed by atoms with Gasteiger partial charge in [-0.05, 0) is 68.2 Å². The van der Waals surface area contributed by atoms with Crippen LogP contribution in [0.15, 0.2) is 72.0 Å². The second kappa shape index (κ2) is 15.5. The number of carboxylic acids is 1. The van der Waals surface area contributed by atoms with Crippen molar-refractivity contribution in [3.8, 4) is 11.3 Å². The van der Waals surface area contributed by atoms with E-state index in [2.05, 4.69) is 21.6 Å². The number of amides is 2. The van der Waals surface area contributed by atoms with E-state index in [1.165, 1.54) is 11.0 Å². The van der Waals surface area contributed by atoms with Crippen LogP contribution in [-0.4, -0.2) is 71.1 Å². The van der Waals surface area contributed by atoms with Gasteiger partial charge in [0.1, 0.15) is 17.6 Å². The Balaban J connectivity index is 1.14. The maximum Gasteiger partial charge on any atom is 0.330 e. The van der Waals surface area contributed by atoms with Gasteiger partial charge >= 0.3 is 5.97 Å². The molecule has 2 fully saturated rings. The molecule has 1 saturated carbocycles. The van der Waals surface area contributed by atoms with Gasteiger partial charge in [0.15, 0.2) is 5.43 Å². The molecule has 0 bridgehead atoms. The minimum absolute atomic E-state index is 0.0619. The Kier molecular flexibility index (Phi) is 11.4. The fourth-order valence-corrected chi connectivity index (χ4v) is 8.11. The average molecular weight is 691 g/mol. The molecule has 11 nitrogen and oxygen atoms in total. The Morgan fingerprint density at radius 1 is 1.10 bits per heavy atom. The third-order valence-electron chi connectivity index (χ3n) is 9.69. The van der Waals surface area contributed by atoms with Gasteiger partial charge in [0, 0.05) is 35.1 Å². The molecule has 1 aliphatic carbocycles. The molecule has 4 atom stereocenters. The number of aromatic amines is 1. The molecule has 1 aromatic heterocycles. The number of H-pyrrole nitrogens is 1. The van der Waals surface area contributed by atoms with Crippen LogP contribution in [0.1, 0.15) is 70.3 Å². The molecule has 0 unspecified atom stereocenters. The third kappa shape index (κ3) is 8.48. The summed E-state index contributed by atoms with van der Waals surface area (Å²) in [6.07, 6.45) is 6.82. The molecule has 2 heterocycles. The van der Waals surface area contributed by atoms with Crippen LogP contribution in [0.2, 0.25) is 0 Å². The zero-order valence-corrected chi connectivity index (χ0v) is 28.8. The normalized spacial score (nSPS) is 21.0. The number of nitrogens with zero attached hydrogens (tertiary/aromatic N) is 1. The summed E-state index contributed by atoms with van der Waals surface area (Å²) in [7, 11) is -3.80. The molecule has 1 aliphatic heterocycles. The molecule has 12 heteroatoms. The van der Waals surface area contributed by atoms with Gasteiger partial charge in [-0.3, -0.25) is 14.4 Å². The molecule has 5 rings (SSSR count). The molecule has 49 heavy (non-hydrogen) atoms. The predicted molar refractivity (Wildman–Crippen MR) is 189 cm³/mol. The second-order valence-electron chi connectivity index (χ2n) is 13.2. The van der Waals surface area contributed by atoms with Crippen LogP contribution >= 0.6 is 0 Å². The van der Waals surface area contributed by atoms with E-state index >= 15 is 0 Å². The molecule has 2 aromatic carbocycles. The van der Waals surface area contributed by atoms with Gasteiger partial charge in [-0.2, -0.15) is 0 Å². The molecule has 2 amide bonds. The molecule has 4 N–H and O–H groups in total. The number of hydrogen-bond donors (Lipinski definition) is 4. The van der Waals surface area contributed by atoms with Crippen molar-refractivity contribution in [3.05, 3.63) is 83.0 Å². The quantitative estimate of drug-likeness (QED) is 0.119. The Morgan fingerprint density at radius 2 is 1.88 bits per heavy atom. The Hall–Kier alpha value is -4.29. The summed E-state index contributed by atoms with van der Waals surface area (Å²) in [6.45, 7) is 5.89. The fourth-order valence-electron chi connectivity index (χ4n) is 6.76. The molecule has 1 saturated heterocycles. The highest BCUT2D eigenvalue weighted by molar-refractivity contribution is 7.89. The fraction of sp³-hybridized carbons (Fsp3) is 0.459. The molecule has 2 aliphatic rings. The van der Waals surface area contributed by atoms with Crippen molar-refractivity contribution < 1.29 is 27.9 Å². The van der Waals surface area contributed by atoms with Crippen molar-refractivity contribution in [3.63, 3.8) is 0 Å². The van der Waals surface area contributed by atoms with Gasteiger partial charge in [-0.15, -0.1) is 6.58 Å². The number of carbonyl (C=O) groups is 3. The number of nitrogens with one attached hydrogen (secondary N) is 3. The van der Waals surface area contributed by atoms with Gasteiger partial charge in [0.2, 0.25) is 21.8 Å². The topological polar surface area (TPSA) is 166 Å². The lowest BCUT2D eigenvalue weighted by atomic mass is 10.0. The molecule has 3 aromatic rings. The second-order valence-corrected chi connectivity index (χ2v) is 15.1. The number of fused-ring (bicyclic) bond motifs is 1. The predicted octanol–water partition coefficient (Wildman–Crippen LogP) is 4.52. The molecule has 0 radical (unpaired) electrons. The SMILES string of the molecule is C=C[C@@H]1C[C@]1(NC(=O)[C@@H]1CCCN1C(=O)[C@H](CCCC)NS(=O)(=O)CCCCCc1ccc2[nH]c(-c3ccccc3)cc(=O)c2c1)C(=O)O. The van der Waals surface area contributed by atoms with Gasteiger partial charge in [0.05, 0.1) is 5.75 Å². The number of pyridine rings is 1. The van der Waals surface area contributed by atoms with Crippen LogP contribution in [0.4, 0.5) is 0 Å². The number of hydrogen-bond acceptors (Lipinski definition) is 6. The molecule has 0 spiro atoms. The lowest BCUT2D eigenvalue weighted by Gasteiger charge is -2.29. The van der Waals surface area contributed by atoms with E-state index in [1.54, 1.807) is 6.07 Å². The number of aromatic nitrogens is 1. The summed E-state index contributed by atoms with van der Waals surface area (Å²) in [5.74, 6) is -2.66. The van der Waals surface area contributed by atoms with Gasteiger partial charge in [-0.25, -0.2) is 17.9 Å². The number of carbonyl (C=O) groups excluding carboxylic acids is 2. The van der Waals surface area contributed by atoms with E-state index in [9.17, 15) is 32.7 Å². The zero-order valence-electron chi connectivity index (χ0n) is 28.0. The van der Waals surface area contributed by atoms with E-state index in [1.807, 2.05) is 55.5 Å². The summed E-state index contributed by atoms with van der Waals surface area (Å²) < 4.78 is 28.9. The Labute approximate surface area is 287 Å². The van der Waals surface area contributed by atoms with Gasteiger partial charge in [-0.1, -0.05) is 68.7 Å². The maximum absolute atomic E-state index is 13.7. The van der Waals surface area contributed by atoms with Crippen LogP contribution < -0.4 is 15.5 Å². The number of likely N-dealkylation sites (tertiary alicyclic amines) is 1. The number of sulfonamides is 1. The number of aryl methyl sites for hydroxylation is 1. The first kappa shape index (κ1) is 36.0. The largest absolute Gasteiger partial charge is 0.479 e. The standard InChI is InChI=1S/C37H46N4O7S/c1-3-5-16-30(35(44)41-20-12-17-32(41)34(43)39-37(36(45)46)24-27(37)4-2)40-49(47,48)21-11-7-8-13-25-18-19-29-28(22-25)33(42)23-31(38-29)26-14-9-6-10-15-26/h4,6,9-10,14-15,18-19,22-23,27,30,32,40H,2-3,5,7-8,11-13,16-17,20-21,24H2,1H3,(H,38,42)(H,39,43)(H,45,46)/t27-,30+,32+,37-/m1/s1. The average Bonchev–Trinajstić information content (AvgIpc) is 3.58. The van der Waals surface area contributed by atoms with E-state index < -0.39 is 45.4 Å². The van der Waals surface area contributed by atoms with Crippen LogP contribution in [-0.2, 0) is 30.8 Å². The number of carboxylic acid groups (broad SMARTS) is 1. The van der Waals surface area contributed by atoms with Crippen LogP contribution in [0.3, 0.4) is 0 Å². The molecular formula is C37H46N4O7S. The molecular weight excluding hydrogens is 644 g/mol. The third-order valence-corrected chi connectivity index (χ3v) is 11.2. The molecule has 262 valence electrons. The summed E-state index contributed by atoms with van der Waals surface area (Å²) in [4.78, 5) is 56.4. The highest BCUT2D eigenvalue weighted by Gasteiger charge is 2.61. The van der Waals surface area contributed by atoms with Crippen molar-refractivity contribution in [2.45, 2.75) is 88.8 Å². The summed E-state index contributed by atoms with van der Waals surface area (Å²) in [5, 5.41) is 13.0. The lowest BCUT2D eigenvalue weighted by molar-refractivity contribution is -0.145. The van der Waals surface area contributed by atoms with Crippen molar-refractivity contribution in [2.24, 2.45) is 5.92 Å². The van der Waals surface area contributed by atoms with E-state index in [-0.39, 0.29) is 23.5 Å². The smallest absolute Gasteiger partial charge is 0.330 e. The van der Waals surface area contributed by atoms with Crippen molar-refractivity contribution in [1.29, 1.82) is 0 Å². The zero-order chi connectivity index (χ0) is 35.2. The minimum Gasteiger partial charge on any atom is -0.479 e. The van der Waals surface area contributed by atoms with Gasteiger partial charge in [0.25, 0.3) is 0 Å². The highest BCUT2D eigenvalue weighted by atomic mass is 32.2. The van der Waals surface area contributed by atoms with E-state index in [4.69, 9.17) is 0 Å². The lowest BCUT2D eigenvalue weighted by Crippen LogP contribution is -2.56.